The molecule has 0 amide bonds. The Hall–Kier alpha value is -0.0400. The van der Waals surface area contributed by atoms with Gasteiger partial charge in [-0.05, 0) is 107 Å². The summed E-state index contributed by atoms with van der Waals surface area (Å²) in [5.41, 5.74) is 0.921. The molecule has 0 spiro atoms. The van der Waals surface area contributed by atoms with E-state index in [-0.39, 0.29) is 0 Å². The molecule has 26 heavy (non-hydrogen) atoms. The summed E-state index contributed by atoms with van der Waals surface area (Å²) in [6.45, 7) is 26.2. The number of likely N-dealkylation sites (tertiary alicyclic amines) is 1. The average Bonchev–Trinajstić information content (AvgIpc) is 2.54. The molecule has 1 aliphatic heterocycles. The Labute approximate surface area is 166 Å². The van der Waals surface area contributed by atoms with E-state index in [2.05, 4.69) is 74.1 Å². The minimum absolute atomic E-state index is 0.377. The van der Waals surface area contributed by atoms with Crippen LogP contribution in [0.4, 0.5) is 0 Å². The van der Waals surface area contributed by atoms with Gasteiger partial charge in [-0.25, -0.2) is 0 Å². The number of nitrogens with zero attached hydrogens (tertiary/aromatic N) is 1. The fourth-order valence-corrected chi connectivity index (χ4v) is 4.89. The van der Waals surface area contributed by atoms with Gasteiger partial charge in [-0.1, -0.05) is 48.5 Å². The summed E-state index contributed by atoms with van der Waals surface area (Å²) in [6.07, 6.45) is 8.67. The van der Waals surface area contributed by atoms with Crippen molar-refractivity contribution in [1.29, 1.82) is 0 Å². The van der Waals surface area contributed by atoms with E-state index in [1.165, 1.54) is 51.6 Å². The van der Waals surface area contributed by atoms with Crippen LogP contribution in [-0.2, 0) is 0 Å². The fraction of sp³-hybridized carbons (Fsp3) is 1.00. The molecule has 0 unspecified atom stereocenters. The van der Waals surface area contributed by atoms with E-state index >= 15 is 0 Å². The van der Waals surface area contributed by atoms with Crippen LogP contribution >= 0.6 is 0 Å². The molecule has 0 aromatic rings. The Morgan fingerprint density at radius 3 is 1.31 bits per heavy atom. The Morgan fingerprint density at radius 1 is 0.615 bits per heavy atom. The van der Waals surface area contributed by atoms with E-state index < -0.39 is 0 Å². The summed E-state index contributed by atoms with van der Waals surface area (Å²) in [5, 5.41) is 0. The second kappa shape index (κ2) is 9.94. The third kappa shape index (κ3) is 7.91. The van der Waals surface area contributed by atoms with Crippen molar-refractivity contribution in [3.05, 3.63) is 0 Å². The van der Waals surface area contributed by atoms with Crippen molar-refractivity contribution in [2.75, 3.05) is 13.1 Å². The van der Waals surface area contributed by atoms with Gasteiger partial charge in [0.2, 0.25) is 0 Å². The first-order valence-electron chi connectivity index (χ1n) is 11.6. The van der Waals surface area contributed by atoms with E-state index in [9.17, 15) is 0 Å². The van der Waals surface area contributed by atoms with Crippen LogP contribution in [0.3, 0.4) is 0 Å². The predicted octanol–water partition coefficient (Wildman–Crippen LogP) is 7.65. The number of rotatable bonds is 2. The lowest BCUT2D eigenvalue weighted by Gasteiger charge is -2.41. The van der Waals surface area contributed by atoms with Crippen LogP contribution in [0, 0.1) is 35.0 Å². The van der Waals surface area contributed by atoms with Crippen LogP contribution in [0.25, 0.3) is 0 Å². The molecule has 2 rings (SSSR count). The number of piperidine rings is 1. The smallest absolute Gasteiger partial charge is 0.0125 e. The highest BCUT2D eigenvalue weighted by atomic mass is 15.2. The molecule has 0 aromatic carbocycles. The summed E-state index contributed by atoms with van der Waals surface area (Å²) in [7, 11) is 0. The maximum absolute atomic E-state index is 2.62. The Morgan fingerprint density at radius 2 is 1.00 bits per heavy atom. The zero-order valence-corrected chi connectivity index (χ0v) is 20.0. The van der Waals surface area contributed by atoms with E-state index in [0.717, 1.165) is 29.6 Å². The Bertz CT molecular complexity index is 328. The Balaban J connectivity index is 0.000000260. The SMILES string of the molecule is CC(C)C1CCC(C(C)(C)C)CC1.CC(C)C1CCN(C(C)(C)C)CC1. The molecule has 1 heteroatoms. The molecule has 0 bridgehead atoms. The van der Waals surface area contributed by atoms with Crippen molar-refractivity contribution in [2.45, 2.75) is 113 Å². The molecular weight excluding hydrogens is 314 g/mol. The quantitative estimate of drug-likeness (QED) is 0.485. The largest absolute Gasteiger partial charge is 0.298 e. The average molecular weight is 366 g/mol. The molecule has 2 fully saturated rings. The first-order valence-corrected chi connectivity index (χ1v) is 11.6. The zero-order valence-electron chi connectivity index (χ0n) is 20.0. The van der Waals surface area contributed by atoms with Gasteiger partial charge >= 0.3 is 0 Å². The van der Waals surface area contributed by atoms with Crippen molar-refractivity contribution in [3.63, 3.8) is 0 Å². The minimum atomic E-state index is 0.377. The van der Waals surface area contributed by atoms with E-state index in [0.29, 0.717) is 11.0 Å². The van der Waals surface area contributed by atoms with E-state index in [4.69, 9.17) is 0 Å². The van der Waals surface area contributed by atoms with Gasteiger partial charge in [-0.3, -0.25) is 4.90 Å². The van der Waals surface area contributed by atoms with Crippen LogP contribution < -0.4 is 0 Å². The fourth-order valence-electron chi connectivity index (χ4n) is 4.89. The maximum atomic E-state index is 2.62. The maximum Gasteiger partial charge on any atom is 0.0125 e. The highest BCUT2D eigenvalue weighted by Crippen LogP contribution is 2.41. The van der Waals surface area contributed by atoms with E-state index in [1.807, 2.05) is 0 Å². The van der Waals surface area contributed by atoms with Gasteiger partial charge < -0.3 is 0 Å². The number of hydrogen-bond acceptors (Lipinski definition) is 1. The van der Waals surface area contributed by atoms with Gasteiger partial charge in [0.25, 0.3) is 0 Å². The van der Waals surface area contributed by atoms with Crippen LogP contribution in [0.15, 0.2) is 0 Å². The van der Waals surface area contributed by atoms with Gasteiger partial charge in [-0.15, -0.1) is 0 Å². The lowest BCUT2D eigenvalue weighted by Crippen LogP contribution is -2.46. The first-order chi connectivity index (χ1) is 11.8. The summed E-state index contributed by atoms with van der Waals surface area (Å²) >= 11 is 0. The van der Waals surface area contributed by atoms with Crippen molar-refractivity contribution in [1.82, 2.24) is 4.90 Å². The molecule has 0 atom stereocenters. The normalized spacial score (nSPS) is 26.8. The van der Waals surface area contributed by atoms with Gasteiger partial charge in [0.1, 0.15) is 0 Å². The van der Waals surface area contributed by atoms with Gasteiger partial charge in [0.15, 0.2) is 0 Å². The lowest BCUT2D eigenvalue weighted by molar-refractivity contribution is 0.0754. The number of hydrogen-bond donors (Lipinski definition) is 0. The van der Waals surface area contributed by atoms with Gasteiger partial charge in [-0.2, -0.15) is 0 Å². The van der Waals surface area contributed by atoms with Crippen LogP contribution in [0.5, 0.6) is 0 Å². The highest BCUT2D eigenvalue weighted by molar-refractivity contribution is 4.83. The van der Waals surface area contributed by atoms with Crippen LogP contribution in [0.2, 0.25) is 0 Å². The molecule has 0 aromatic heterocycles. The predicted molar refractivity (Wildman–Crippen MR) is 119 cm³/mol. The van der Waals surface area contributed by atoms with Crippen LogP contribution in [-0.4, -0.2) is 23.5 Å². The van der Waals surface area contributed by atoms with Gasteiger partial charge in [0.05, 0.1) is 0 Å². The van der Waals surface area contributed by atoms with Crippen molar-refractivity contribution in [2.24, 2.45) is 35.0 Å². The monoisotopic (exact) mass is 365 g/mol. The summed E-state index contributed by atoms with van der Waals surface area (Å²) in [6, 6.07) is 0. The third-order valence-corrected chi connectivity index (χ3v) is 7.37. The van der Waals surface area contributed by atoms with Crippen molar-refractivity contribution < 1.29 is 0 Å². The second-order valence-corrected chi connectivity index (χ2v) is 12.0. The molecule has 1 aliphatic carbocycles. The summed E-state index contributed by atoms with van der Waals surface area (Å²) < 4.78 is 0. The summed E-state index contributed by atoms with van der Waals surface area (Å²) in [4.78, 5) is 2.62. The molecule has 0 N–H and O–H groups in total. The molecule has 2 aliphatic rings. The van der Waals surface area contributed by atoms with Gasteiger partial charge in [0, 0.05) is 5.54 Å². The lowest BCUT2D eigenvalue weighted by atomic mass is 9.68. The molecular formula is C25H51N. The zero-order chi connectivity index (χ0) is 20.1. The molecule has 1 saturated carbocycles. The first kappa shape index (κ1) is 24.0. The van der Waals surface area contributed by atoms with Crippen molar-refractivity contribution >= 4 is 0 Å². The topological polar surface area (TPSA) is 3.24 Å². The van der Waals surface area contributed by atoms with Crippen LogP contribution in [0.1, 0.15) is 108 Å². The molecule has 1 saturated heterocycles. The van der Waals surface area contributed by atoms with E-state index in [1.54, 1.807) is 0 Å². The second-order valence-electron chi connectivity index (χ2n) is 12.0. The molecule has 1 nitrogen and oxygen atoms in total. The standard InChI is InChI=1S/C13H26.C12H25N/c1-10(2)11-6-8-12(9-7-11)13(3,4)5;1-10(2)11-6-8-13(9-7-11)12(3,4)5/h10-12H,6-9H2,1-5H3;10-11H,6-9H2,1-5H3. The summed E-state index contributed by atoms with van der Waals surface area (Å²) in [5.74, 6) is 4.74. The Kier molecular flexibility index (Phi) is 9.18. The molecule has 1 heterocycles. The molecule has 0 radical (unpaired) electrons. The third-order valence-electron chi connectivity index (χ3n) is 7.37. The minimum Gasteiger partial charge on any atom is -0.298 e. The van der Waals surface area contributed by atoms with Crippen molar-refractivity contribution in [3.8, 4) is 0 Å². The molecule has 156 valence electrons. The highest BCUT2D eigenvalue weighted by Gasteiger charge is 2.30.